The molecule has 7 heteroatoms. The molecule has 1 aromatic heterocycles. The van der Waals surface area contributed by atoms with E-state index >= 15 is 0 Å². The molecule has 0 amide bonds. The zero-order chi connectivity index (χ0) is 12.7. The second-order valence-corrected chi connectivity index (χ2v) is 4.54. The Morgan fingerprint density at radius 1 is 1.38 bits per heavy atom. The molecule has 0 fully saturated rings. The highest BCUT2D eigenvalue weighted by Gasteiger charge is 2.43. The van der Waals surface area contributed by atoms with Crippen LogP contribution in [-0.2, 0) is 18.6 Å². The van der Waals surface area contributed by atoms with Crippen LogP contribution in [0.1, 0.15) is 25.1 Å². The van der Waals surface area contributed by atoms with Crippen molar-refractivity contribution in [2.24, 2.45) is 7.05 Å². The lowest BCUT2D eigenvalue weighted by Gasteiger charge is -2.22. The van der Waals surface area contributed by atoms with E-state index in [1.165, 1.54) is 20.9 Å². The van der Waals surface area contributed by atoms with E-state index in [4.69, 9.17) is 16.7 Å². The first kappa shape index (κ1) is 13.3. The molecular weight excluding hydrogens is 245 g/mol. The predicted octanol–water partition coefficient (Wildman–Crippen LogP) is 2.36. The molecule has 3 nitrogen and oxygen atoms in total. The van der Waals surface area contributed by atoms with E-state index in [1.54, 1.807) is 0 Å². The lowest BCUT2D eigenvalue weighted by molar-refractivity contribution is -0.142. The van der Waals surface area contributed by atoms with Crippen LogP contribution >= 0.6 is 11.6 Å². The van der Waals surface area contributed by atoms with Gasteiger partial charge in [-0.2, -0.15) is 18.3 Å². The minimum atomic E-state index is -4.58. The third-order valence-corrected chi connectivity index (χ3v) is 2.75. The summed E-state index contributed by atoms with van der Waals surface area (Å²) in [6.45, 7) is 2.51. The van der Waals surface area contributed by atoms with E-state index in [9.17, 15) is 13.2 Å². The highest BCUT2D eigenvalue weighted by molar-refractivity contribution is 6.30. The van der Waals surface area contributed by atoms with Gasteiger partial charge in [0.15, 0.2) is 5.69 Å². The number of hydrogen-bond donors (Lipinski definition) is 1. The van der Waals surface area contributed by atoms with E-state index in [2.05, 4.69) is 5.10 Å². The minimum Gasteiger partial charge on any atom is -0.395 e. The van der Waals surface area contributed by atoms with Gasteiger partial charge in [0.25, 0.3) is 0 Å². The molecule has 16 heavy (non-hydrogen) atoms. The maximum Gasteiger partial charge on any atom is 0.435 e. The van der Waals surface area contributed by atoms with Crippen molar-refractivity contribution < 1.29 is 18.3 Å². The first-order valence-corrected chi connectivity index (χ1v) is 4.90. The van der Waals surface area contributed by atoms with Gasteiger partial charge in [0.1, 0.15) is 5.15 Å². The van der Waals surface area contributed by atoms with Gasteiger partial charge in [0, 0.05) is 18.0 Å². The number of nitrogens with zero attached hydrogens (tertiary/aromatic N) is 2. The number of rotatable bonds is 2. The zero-order valence-corrected chi connectivity index (χ0v) is 9.82. The second-order valence-electron chi connectivity index (χ2n) is 4.18. The first-order valence-electron chi connectivity index (χ1n) is 4.52. The Bertz CT molecular complexity index is 398. The van der Waals surface area contributed by atoms with Gasteiger partial charge in [-0.3, -0.25) is 4.68 Å². The normalized spacial score (nSPS) is 13.2. The molecular formula is C9H12ClF3N2O. The van der Waals surface area contributed by atoms with Crippen molar-refractivity contribution in [1.29, 1.82) is 0 Å². The van der Waals surface area contributed by atoms with Gasteiger partial charge in [0.05, 0.1) is 6.61 Å². The molecule has 0 saturated carbocycles. The summed E-state index contributed by atoms with van der Waals surface area (Å²) in [5.74, 6) is 0. The topological polar surface area (TPSA) is 38.0 Å². The molecule has 0 aromatic carbocycles. The summed E-state index contributed by atoms with van der Waals surface area (Å²) in [4.78, 5) is 0. The number of aromatic nitrogens is 2. The molecule has 1 heterocycles. The third kappa shape index (κ3) is 2.17. The summed E-state index contributed by atoms with van der Waals surface area (Å²) in [5, 5.41) is 12.3. The van der Waals surface area contributed by atoms with Crippen molar-refractivity contribution in [2.45, 2.75) is 25.4 Å². The highest BCUT2D eigenvalue weighted by Crippen LogP contribution is 2.40. The maximum atomic E-state index is 12.7. The number of aliphatic hydroxyl groups excluding tert-OH is 1. The van der Waals surface area contributed by atoms with E-state index in [1.807, 2.05) is 0 Å². The molecule has 0 aliphatic rings. The number of aryl methyl sites for hydroxylation is 1. The smallest absolute Gasteiger partial charge is 0.395 e. The summed E-state index contributed by atoms with van der Waals surface area (Å²) < 4.78 is 39.0. The van der Waals surface area contributed by atoms with Gasteiger partial charge in [-0.1, -0.05) is 25.4 Å². The first-order chi connectivity index (χ1) is 7.11. The number of halogens is 4. The Morgan fingerprint density at radius 3 is 2.25 bits per heavy atom. The molecule has 1 rings (SSSR count). The summed E-state index contributed by atoms with van der Waals surface area (Å²) in [6.07, 6.45) is -4.58. The summed E-state index contributed by atoms with van der Waals surface area (Å²) in [6, 6.07) is 0. The van der Waals surface area contributed by atoms with Crippen LogP contribution in [-0.4, -0.2) is 21.5 Å². The monoisotopic (exact) mass is 256 g/mol. The van der Waals surface area contributed by atoms with Crippen LogP contribution in [0.4, 0.5) is 13.2 Å². The molecule has 1 aromatic rings. The molecule has 0 bridgehead atoms. The summed E-state index contributed by atoms with van der Waals surface area (Å²) in [7, 11) is 1.33. The molecule has 0 saturated heterocycles. The second kappa shape index (κ2) is 3.92. The average molecular weight is 257 g/mol. The largest absolute Gasteiger partial charge is 0.435 e. The molecule has 92 valence electrons. The van der Waals surface area contributed by atoms with Crippen molar-refractivity contribution in [3.05, 3.63) is 16.4 Å². The maximum absolute atomic E-state index is 12.7. The predicted molar refractivity (Wildman–Crippen MR) is 53.3 cm³/mol. The Balaban J connectivity index is 3.48. The number of hydrogen-bond acceptors (Lipinski definition) is 2. The Hall–Kier alpha value is -0.750. The lowest BCUT2D eigenvalue weighted by atomic mass is 9.85. The molecule has 1 N–H and O–H groups in total. The van der Waals surface area contributed by atoms with Crippen LogP contribution in [0.3, 0.4) is 0 Å². The van der Waals surface area contributed by atoms with Crippen LogP contribution in [0.25, 0.3) is 0 Å². The Kier molecular flexibility index (Phi) is 3.27. The Labute approximate surface area is 95.8 Å². The fourth-order valence-corrected chi connectivity index (χ4v) is 1.76. The fourth-order valence-electron chi connectivity index (χ4n) is 1.38. The van der Waals surface area contributed by atoms with Crippen molar-refractivity contribution in [3.63, 3.8) is 0 Å². The van der Waals surface area contributed by atoms with Gasteiger partial charge in [0.2, 0.25) is 0 Å². The fraction of sp³-hybridized carbons (Fsp3) is 0.667. The number of alkyl halides is 3. The van der Waals surface area contributed by atoms with E-state index < -0.39 is 23.9 Å². The van der Waals surface area contributed by atoms with Gasteiger partial charge in [-0.05, 0) is 0 Å². The van der Waals surface area contributed by atoms with E-state index in [0.717, 1.165) is 4.68 Å². The zero-order valence-electron chi connectivity index (χ0n) is 9.06. The molecule has 0 aliphatic heterocycles. The van der Waals surface area contributed by atoms with Crippen molar-refractivity contribution in [3.8, 4) is 0 Å². The SMILES string of the molecule is Cn1nc(C(F)(F)F)c(C(C)(C)CO)c1Cl. The lowest BCUT2D eigenvalue weighted by Crippen LogP contribution is -2.26. The van der Waals surface area contributed by atoms with Crippen LogP contribution in [0.5, 0.6) is 0 Å². The molecule has 0 aliphatic carbocycles. The van der Waals surface area contributed by atoms with Crippen molar-refractivity contribution in [1.82, 2.24) is 9.78 Å². The molecule has 0 spiro atoms. The molecule has 0 radical (unpaired) electrons. The van der Waals surface area contributed by atoms with Crippen molar-refractivity contribution >= 4 is 11.6 Å². The third-order valence-electron chi connectivity index (χ3n) is 2.32. The minimum absolute atomic E-state index is 0.105. The quantitative estimate of drug-likeness (QED) is 0.882. The molecule has 0 unspecified atom stereocenters. The van der Waals surface area contributed by atoms with Crippen LogP contribution in [0.2, 0.25) is 5.15 Å². The van der Waals surface area contributed by atoms with Gasteiger partial charge in [-0.15, -0.1) is 0 Å². The van der Waals surface area contributed by atoms with Crippen LogP contribution in [0, 0.1) is 0 Å². The van der Waals surface area contributed by atoms with E-state index in [-0.39, 0.29) is 10.7 Å². The van der Waals surface area contributed by atoms with Gasteiger partial charge in [-0.25, -0.2) is 0 Å². The van der Waals surface area contributed by atoms with Gasteiger partial charge < -0.3 is 5.11 Å². The number of aliphatic hydroxyl groups is 1. The Morgan fingerprint density at radius 2 is 1.88 bits per heavy atom. The molecule has 0 atom stereocenters. The van der Waals surface area contributed by atoms with Crippen LogP contribution < -0.4 is 0 Å². The van der Waals surface area contributed by atoms with Gasteiger partial charge >= 0.3 is 6.18 Å². The van der Waals surface area contributed by atoms with Crippen LogP contribution in [0.15, 0.2) is 0 Å². The summed E-state index contributed by atoms with van der Waals surface area (Å²) in [5.41, 5.74) is -2.30. The van der Waals surface area contributed by atoms with E-state index in [0.29, 0.717) is 0 Å². The summed E-state index contributed by atoms with van der Waals surface area (Å²) >= 11 is 5.77. The standard InChI is InChI=1S/C9H12ClF3N2O/c1-8(2,4-16)5-6(9(11,12)13)14-15(3)7(5)10/h16H,4H2,1-3H3. The van der Waals surface area contributed by atoms with Crippen molar-refractivity contribution in [2.75, 3.05) is 6.61 Å². The average Bonchev–Trinajstić information content (AvgIpc) is 2.43. The highest BCUT2D eigenvalue weighted by atomic mass is 35.5.